The number of thioether (sulfide) groups is 1. The zero-order valence-corrected chi connectivity index (χ0v) is 12.9. The summed E-state index contributed by atoms with van der Waals surface area (Å²) in [5, 5.41) is 25.2. The van der Waals surface area contributed by atoms with E-state index < -0.39 is 5.60 Å². The van der Waals surface area contributed by atoms with Gasteiger partial charge in [0.1, 0.15) is 0 Å². The third-order valence-electron chi connectivity index (χ3n) is 3.64. The van der Waals surface area contributed by atoms with Gasteiger partial charge in [0.05, 0.1) is 12.1 Å². The largest absolute Gasteiger partial charge is 0.389 e. The molecule has 1 saturated carbocycles. The molecule has 1 aliphatic rings. The van der Waals surface area contributed by atoms with Crippen LogP contribution in [0.4, 0.5) is 0 Å². The fourth-order valence-electron chi connectivity index (χ4n) is 2.50. The van der Waals surface area contributed by atoms with E-state index in [9.17, 15) is 5.11 Å². The second-order valence-corrected chi connectivity index (χ2v) is 7.25. The number of hydrogen-bond acceptors (Lipinski definition) is 6. The van der Waals surface area contributed by atoms with Gasteiger partial charge in [-0.15, -0.1) is 16.4 Å². The molecule has 0 aliphatic heterocycles. The van der Waals surface area contributed by atoms with Crippen molar-refractivity contribution in [3.05, 3.63) is 22.4 Å². The Morgan fingerprint density at radius 3 is 2.95 bits per heavy atom. The molecule has 1 fully saturated rings. The molecule has 2 aromatic heterocycles. The number of aromatic nitrogens is 4. The average Bonchev–Trinajstić information content (AvgIpc) is 3.10. The number of tetrazole rings is 1. The Morgan fingerprint density at radius 2 is 2.20 bits per heavy atom. The van der Waals surface area contributed by atoms with E-state index in [1.54, 1.807) is 23.1 Å². The predicted molar refractivity (Wildman–Crippen MR) is 80.0 cm³/mol. The van der Waals surface area contributed by atoms with Crippen LogP contribution >= 0.6 is 23.1 Å². The lowest BCUT2D eigenvalue weighted by atomic mass is 9.86. The van der Waals surface area contributed by atoms with Crippen LogP contribution < -0.4 is 0 Å². The second kappa shape index (κ2) is 6.24. The number of rotatable bonds is 5. The van der Waals surface area contributed by atoms with Crippen LogP contribution in [-0.4, -0.2) is 36.7 Å². The third-order valence-corrected chi connectivity index (χ3v) is 5.73. The van der Waals surface area contributed by atoms with Gasteiger partial charge in [0.2, 0.25) is 5.16 Å². The van der Waals surface area contributed by atoms with Gasteiger partial charge in [0.25, 0.3) is 0 Å². The van der Waals surface area contributed by atoms with Gasteiger partial charge in [0, 0.05) is 10.6 Å². The van der Waals surface area contributed by atoms with E-state index in [0.29, 0.717) is 12.3 Å². The van der Waals surface area contributed by atoms with Crippen LogP contribution in [-0.2, 0) is 6.54 Å². The molecule has 0 aromatic carbocycles. The van der Waals surface area contributed by atoms with E-state index in [2.05, 4.69) is 27.0 Å². The quantitative estimate of drug-likeness (QED) is 0.860. The average molecular weight is 310 g/mol. The van der Waals surface area contributed by atoms with Crippen LogP contribution in [0, 0.1) is 0 Å². The highest BCUT2D eigenvalue weighted by Crippen LogP contribution is 2.32. The summed E-state index contributed by atoms with van der Waals surface area (Å²) < 4.78 is 1.81. The molecule has 5 nitrogen and oxygen atoms in total. The molecule has 1 aliphatic carbocycles. The zero-order chi connectivity index (χ0) is 13.8. The van der Waals surface area contributed by atoms with Crippen molar-refractivity contribution in [2.45, 2.75) is 49.4 Å². The lowest BCUT2D eigenvalue weighted by Crippen LogP contribution is -2.34. The summed E-state index contributed by atoms with van der Waals surface area (Å²) in [6.45, 7) is 0.700. The van der Waals surface area contributed by atoms with E-state index in [1.165, 1.54) is 11.3 Å². The van der Waals surface area contributed by atoms with Crippen molar-refractivity contribution >= 4 is 23.1 Å². The normalized spacial score (nSPS) is 18.2. The molecule has 20 heavy (non-hydrogen) atoms. The third kappa shape index (κ3) is 3.39. The monoisotopic (exact) mass is 310 g/mol. The number of aliphatic hydroxyl groups is 1. The standard InChI is InChI=1S/C13H18N4OS2/c18-13(6-2-1-3-7-13)10-20-12-14-15-16-17(12)9-11-5-4-8-19-11/h4-5,8,18H,1-3,6-7,9-10H2. The van der Waals surface area contributed by atoms with Crippen molar-refractivity contribution in [3.8, 4) is 0 Å². The number of thiophene rings is 1. The predicted octanol–water partition coefficient (Wildman–Crippen LogP) is 2.57. The summed E-state index contributed by atoms with van der Waals surface area (Å²) in [5.41, 5.74) is -0.539. The molecule has 0 unspecified atom stereocenters. The molecule has 0 saturated heterocycles. The first-order chi connectivity index (χ1) is 9.75. The molecular formula is C13H18N4OS2. The Morgan fingerprint density at radius 1 is 1.35 bits per heavy atom. The first kappa shape index (κ1) is 14.0. The SMILES string of the molecule is OC1(CSc2nnnn2Cc2cccs2)CCCCC1. The molecule has 0 amide bonds. The van der Waals surface area contributed by atoms with E-state index in [-0.39, 0.29) is 0 Å². The zero-order valence-electron chi connectivity index (χ0n) is 11.2. The maximum absolute atomic E-state index is 10.5. The van der Waals surface area contributed by atoms with Gasteiger partial charge in [0.15, 0.2) is 0 Å². The van der Waals surface area contributed by atoms with Crippen LogP contribution in [0.2, 0.25) is 0 Å². The Balaban J connectivity index is 1.61. The molecule has 3 rings (SSSR count). The van der Waals surface area contributed by atoms with Crippen molar-refractivity contribution in [1.82, 2.24) is 20.2 Å². The minimum Gasteiger partial charge on any atom is -0.389 e. The van der Waals surface area contributed by atoms with Gasteiger partial charge in [-0.2, -0.15) is 0 Å². The van der Waals surface area contributed by atoms with Gasteiger partial charge < -0.3 is 5.11 Å². The summed E-state index contributed by atoms with van der Waals surface area (Å²) in [7, 11) is 0. The molecule has 2 heterocycles. The topological polar surface area (TPSA) is 63.8 Å². The molecule has 0 atom stereocenters. The van der Waals surface area contributed by atoms with Gasteiger partial charge in [-0.3, -0.25) is 0 Å². The summed E-state index contributed by atoms with van der Waals surface area (Å²) >= 11 is 3.26. The Hall–Kier alpha value is -0.920. The molecule has 108 valence electrons. The van der Waals surface area contributed by atoms with Crippen LogP contribution in [0.15, 0.2) is 22.7 Å². The molecule has 7 heteroatoms. The highest BCUT2D eigenvalue weighted by Gasteiger charge is 2.29. The van der Waals surface area contributed by atoms with Gasteiger partial charge in [-0.1, -0.05) is 37.1 Å². The number of hydrogen-bond donors (Lipinski definition) is 1. The van der Waals surface area contributed by atoms with E-state index in [1.807, 2.05) is 10.7 Å². The Bertz CT molecular complexity index is 534. The highest BCUT2D eigenvalue weighted by atomic mass is 32.2. The van der Waals surface area contributed by atoms with E-state index >= 15 is 0 Å². The maximum Gasteiger partial charge on any atom is 0.209 e. The summed E-state index contributed by atoms with van der Waals surface area (Å²) in [4.78, 5) is 1.23. The van der Waals surface area contributed by atoms with Crippen molar-refractivity contribution < 1.29 is 5.11 Å². The molecule has 2 aromatic rings. The van der Waals surface area contributed by atoms with Crippen molar-refractivity contribution in [2.75, 3.05) is 5.75 Å². The first-order valence-corrected chi connectivity index (χ1v) is 8.75. The van der Waals surface area contributed by atoms with Crippen LogP contribution in [0.25, 0.3) is 0 Å². The van der Waals surface area contributed by atoms with Gasteiger partial charge in [-0.05, 0) is 34.7 Å². The van der Waals surface area contributed by atoms with Crippen molar-refractivity contribution in [1.29, 1.82) is 0 Å². The van der Waals surface area contributed by atoms with Gasteiger partial charge >= 0.3 is 0 Å². The van der Waals surface area contributed by atoms with Crippen LogP contribution in [0.3, 0.4) is 0 Å². The minimum absolute atomic E-state index is 0.539. The molecule has 0 spiro atoms. The smallest absolute Gasteiger partial charge is 0.209 e. The fraction of sp³-hybridized carbons (Fsp3) is 0.615. The summed E-state index contributed by atoms with van der Waals surface area (Å²) in [6.07, 6.45) is 5.27. The maximum atomic E-state index is 10.5. The van der Waals surface area contributed by atoms with Crippen molar-refractivity contribution in [2.24, 2.45) is 0 Å². The minimum atomic E-state index is -0.539. The Labute approximate surface area is 126 Å². The lowest BCUT2D eigenvalue weighted by Gasteiger charge is -2.31. The summed E-state index contributed by atoms with van der Waals surface area (Å²) in [5.74, 6) is 0.678. The first-order valence-electron chi connectivity index (χ1n) is 6.89. The second-order valence-electron chi connectivity index (χ2n) is 5.27. The highest BCUT2D eigenvalue weighted by molar-refractivity contribution is 7.99. The van der Waals surface area contributed by atoms with Crippen LogP contribution in [0.5, 0.6) is 0 Å². The Kier molecular flexibility index (Phi) is 4.38. The molecule has 1 N–H and O–H groups in total. The van der Waals surface area contributed by atoms with Gasteiger partial charge in [-0.25, -0.2) is 4.68 Å². The van der Waals surface area contributed by atoms with E-state index in [0.717, 1.165) is 30.8 Å². The van der Waals surface area contributed by atoms with Crippen molar-refractivity contribution in [3.63, 3.8) is 0 Å². The molecular weight excluding hydrogens is 292 g/mol. The van der Waals surface area contributed by atoms with E-state index in [4.69, 9.17) is 0 Å². The summed E-state index contributed by atoms with van der Waals surface area (Å²) in [6, 6.07) is 4.11. The lowest BCUT2D eigenvalue weighted by molar-refractivity contribution is 0.0272. The van der Waals surface area contributed by atoms with Crippen LogP contribution in [0.1, 0.15) is 37.0 Å². The molecule has 0 bridgehead atoms. The molecule has 0 radical (unpaired) electrons. The number of nitrogens with zero attached hydrogens (tertiary/aromatic N) is 4. The fourth-order valence-corrected chi connectivity index (χ4v) is 4.22.